The number of aromatic nitrogens is 1. The number of benzene rings is 2. The highest BCUT2D eigenvalue weighted by atomic mass is 32.1. The molecule has 0 spiro atoms. The molecule has 0 saturated carbocycles. The first-order valence-electron chi connectivity index (χ1n) is 11.8. The van der Waals surface area contributed by atoms with Crippen molar-refractivity contribution < 1.29 is 4.74 Å². The molecule has 0 unspecified atom stereocenters. The summed E-state index contributed by atoms with van der Waals surface area (Å²) in [4.78, 5) is 2.74. The molecule has 3 aliphatic rings. The average Bonchev–Trinajstić information content (AvgIpc) is 3.18. The zero-order valence-electron chi connectivity index (χ0n) is 18.5. The molecule has 0 amide bonds. The zero-order chi connectivity index (χ0) is 21.7. The van der Waals surface area contributed by atoms with Gasteiger partial charge in [0.1, 0.15) is 6.61 Å². The van der Waals surface area contributed by atoms with Crippen LogP contribution in [0.1, 0.15) is 43.5 Å². The molecule has 2 aromatic carbocycles. The van der Waals surface area contributed by atoms with E-state index in [1.54, 1.807) is 0 Å². The third-order valence-corrected chi connectivity index (χ3v) is 7.92. The van der Waals surface area contributed by atoms with E-state index in [4.69, 9.17) is 17.0 Å². The maximum absolute atomic E-state index is 6.13. The van der Waals surface area contributed by atoms with Crippen molar-refractivity contribution in [1.29, 1.82) is 0 Å². The Morgan fingerprint density at radius 2 is 1.94 bits per heavy atom. The minimum atomic E-state index is 0.172. The van der Waals surface area contributed by atoms with Crippen molar-refractivity contribution in [1.82, 2.24) is 9.47 Å². The van der Waals surface area contributed by atoms with Gasteiger partial charge in [0.15, 0.2) is 0 Å². The fraction of sp³-hybridized carbons (Fsp3) is 0.370. The predicted octanol–water partition coefficient (Wildman–Crippen LogP) is 6.00. The van der Waals surface area contributed by atoms with Crippen molar-refractivity contribution in [3.63, 3.8) is 0 Å². The number of ether oxygens (including phenoxy) is 1. The van der Waals surface area contributed by atoms with Crippen LogP contribution in [0.15, 0.2) is 60.7 Å². The second-order valence-electron chi connectivity index (χ2n) is 9.30. The fourth-order valence-electron chi connectivity index (χ4n) is 6.31. The SMILES string of the molecule is CC[C@@]12C=C(COC(=S)Nc3ccccc3)n3c4c(c5ccccc53)CCN(CCC1)[C@H]42. The van der Waals surface area contributed by atoms with Gasteiger partial charge in [-0.15, -0.1) is 0 Å². The van der Waals surface area contributed by atoms with Gasteiger partial charge in [0.05, 0.1) is 17.3 Å². The molecule has 0 bridgehead atoms. The molecule has 4 nitrogen and oxygen atoms in total. The Bertz CT molecular complexity index is 1210. The molecule has 1 N–H and O–H groups in total. The second-order valence-corrected chi connectivity index (χ2v) is 9.67. The Hall–Kier alpha value is -2.63. The monoisotopic (exact) mass is 443 g/mol. The molecule has 5 heteroatoms. The number of rotatable bonds is 4. The van der Waals surface area contributed by atoms with Crippen molar-refractivity contribution in [2.75, 3.05) is 25.0 Å². The molecule has 3 aromatic rings. The van der Waals surface area contributed by atoms with Crippen LogP contribution < -0.4 is 5.32 Å². The smallest absolute Gasteiger partial charge is 0.261 e. The van der Waals surface area contributed by atoms with Crippen LogP contribution in [-0.4, -0.2) is 34.3 Å². The van der Waals surface area contributed by atoms with E-state index in [0.29, 0.717) is 17.8 Å². The molecule has 164 valence electrons. The minimum Gasteiger partial charge on any atom is -0.464 e. The molecule has 6 rings (SSSR count). The van der Waals surface area contributed by atoms with Gasteiger partial charge in [0, 0.05) is 28.7 Å². The molecule has 4 heterocycles. The largest absolute Gasteiger partial charge is 0.464 e. The van der Waals surface area contributed by atoms with Crippen molar-refractivity contribution in [3.05, 3.63) is 71.9 Å². The third kappa shape index (κ3) is 3.02. The van der Waals surface area contributed by atoms with Crippen LogP contribution >= 0.6 is 12.2 Å². The highest BCUT2D eigenvalue weighted by Gasteiger charge is 2.50. The van der Waals surface area contributed by atoms with E-state index in [1.807, 2.05) is 30.3 Å². The Balaban J connectivity index is 1.40. The van der Waals surface area contributed by atoms with Gasteiger partial charge in [0.2, 0.25) is 0 Å². The summed E-state index contributed by atoms with van der Waals surface area (Å²) in [7, 11) is 0. The van der Waals surface area contributed by atoms with Crippen LogP contribution in [0.5, 0.6) is 0 Å². The summed E-state index contributed by atoms with van der Waals surface area (Å²) in [6, 6.07) is 19.3. The van der Waals surface area contributed by atoms with Gasteiger partial charge in [-0.05, 0) is 68.2 Å². The van der Waals surface area contributed by atoms with Gasteiger partial charge >= 0.3 is 0 Å². The highest BCUT2D eigenvalue weighted by molar-refractivity contribution is 7.80. The van der Waals surface area contributed by atoms with Crippen LogP contribution in [0.3, 0.4) is 0 Å². The number of nitrogens with zero attached hydrogens (tertiary/aromatic N) is 2. The van der Waals surface area contributed by atoms with Crippen LogP contribution in [0.2, 0.25) is 0 Å². The Labute approximate surface area is 194 Å². The lowest BCUT2D eigenvalue weighted by molar-refractivity contribution is 0.0264. The fourth-order valence-corrected chi connectivity index (χ4v) is 6.49. The summed E-state index contributed by atoms with van der Waals surface area (Å²) in [5, 5.41) is 5.03. The minimum absolute atomic E-state index is 0.172. The first-order valence-corrected chi connectivity index (χ1v) is 12.2. The molecular weight excluding hydrogens is 414 g/mol. The normalized spacial score (nSPS) is 24.0. The quantitative estimate of drug-likeness (QED) is 0.501. The zero-order valence-corrected chi connectivity index (χ0v) is 19.3. The molecular formula is C27H29N3OS. The maximum atomic E-state index is 6.13. The summed E-state index contributed by atoms with van der Waals surface area (Å²) in [6.45, 7) is 5.20. The van der Waals surface area contributed by atoms with E-state index in [-0.39, 0.29) is 5.41 Å². The molecule has 0 aliphatic carbocycles. The van der Waals surface area contributed by atoms with Gasteiger partial charge in [-0.1, -0.05) is 49.4 Å². The Morgan fingerprint density at radius 3 is 2.78 bits per heavy atom. The number of hydrogen-bond donors (Lipinski definition) is 1. The first kappa shape index (κ1) is 20.0. The summed E-state index contributed by atoms with van der Waals surface area (Å²) in [5.41, 5.74) is 6.68. The number of fused-ring (bicyclic) bond motifs is 3. The van der Waals surface area contributed by atoms with E-state index >= 15 is 0 Å². The number of para-hydroxylation sites is 2. The average molecular weight is 444 g/mol. The Morgan fingerprint density at radius 1 is 1.12 bits per heavy atom. The standard InChI is InChI=1S/C27H29N3OS/c1-2-27-14-8-15-29-16-13-22-21-11-6-7-12-23(21)30(24(22)25(27)29)20(17-27)18-31-26(32)28-19-9-4-3-5-10-19/h3-7,9-12,17,25H,2,8,13-16,18H2,1H3,(H,28,32)/t25-,27+/m1/s1. The predicted molar refractivity (Wildman–Crippen MR) is 135 cm³/mol. The molecule has 0 radical (unpaired) electrons. The van der Waals surface area contributed by atoms with Crippen LogP contribution in [-0.2, 0) is 11.2 Å². The van der Waals surface area contributed by atoms with Gasteiger partial charge < -0.3 is 14.6 Å². The van der Waals surface area contributed by atoms with E-state index in [0.717, 1.165) is 25.1 Å². The van der Waals surface area contributed by atoms with E-state index in [9.17, 15) is 0 Å². The second kappa shape index (κ2) is 7.75. The van der Waals surface area contributed by atoms with Gasteiger partial charge in [0.25, 0.3) is 5.17 Å². The van der Waals surface area contributed by atoms with Crippen molar-refractivity contribution >= 4 is 39.7 Å². The molecule has 1 fully saturated rings. The van der Waals surface area contributed by atoms with Crippen LogP contribution in [0.25, 0.3) is 16.6 Å². The Kier molecular flexibility index (Phi) is 4.85. The van der Waals surface area contributed by atoms with Crippen LogP contribution in [0, 0.1) is 5.41 Å². The topological polar surface area (TPSA) is 29.4 Å². The number of thiocarbonyl (C=S) groups is 1. The van der Waals surface area contributed by atoms with Gasteiger partial charge in [-0.25, -0.2) is 0 Å². The summed E-state index contributed by atoms with van der Waals surface area (Å²) in [5.74, 6) is 0. The van der Waals surface area contributed by atoms with Crippen molar-refractivity contribution in [2.45, 2.75) is 38.6 Å². The molecule has 1 aromatic heterocycles. The highest BCUT2D eigenvalue weighted by Crippen LogP contribution is 2.56. The lowest BCUT2D eigenvalue weighted by atomic mass is 9.66. The molecule has 32 heavy (non-hydrogen) atoms. The van der Waals surface area contributed by atoms with E-state index < -0.39 is 0 Å². The number of nitrogens with one attached hydrogen (secondary N) is 1. The number of piperidine rings is 1. The van der Waals surface area contributed by atoms with Crippen molar-refractivity contribution in [3.8, 4) is 0 Å². The van der Waals surface area contributed by atoms with E-state index in [1.165, 1.54) is 47.2 Å². The number of anilines is 1. The van der Waals surface area contributed by atoms with Crippen LogP contribution in [0.4, 0.5) is 5.69 Å². The third-order valence-electron chi connectivity index (χ3n) is 7.70. The lowest BCUT2D eigenvalue weighted by Gasteiger charge is -2.53. The summed E-state index contributed by atoms with van der Waals surface area (Å²) in [6.07, 6.45) is 7.30. The van der Waals surface area contributed by atoms with E-state index in [2.05, 4.69) is 52.0 Å². The van der Waals surface area contributed by atoms with Gasteiger partial charge in [-0.2, -0.15) is 0 Å². The molecule has 2 atom stereocenters. The lowest BCUT2D eigenvalue weighted by Crippen LogP contribution is -2.50. The number of hydrogen-bond acceptors (Lipinski definition) is 3. The van der Waals surface area contributed by atoms with Gasteiger partial charge in [-0.3, -0.25) is 4.90 Å². The summed E-state index contributed by atoms with van der Waals surface area (Å²) < 4.78 is 8.62. The summed E-state index contributed by atoms with van der Waals surface area (Å²) >= 11 is 5.53. The first-order chi connectivity index (χ1) is 15.7. The maximum Gasteiger partial charge on any atom is 0.261 e. The molecule has 1 saturated heterocycles. The molecule has 3 aliphatic heterocycles. The van der Waals surface area contributed by atoms with Crippen molar-refractivity contribution in [2.24, 2.45) is 5.41 Å².